The Bertz CT molecular complexity index is 1450. The van der Waals surface area contributed by atoms with E-state index in [9.17, 15) is 9.59 Å². The lowest BCUT2D eigenvalue weighted by atomic mass is 10.1. The van der Waals surface area contributed by atoms with Crippen LogP contribution < -0.4 is 29.8 Å². The molecule has 4 aromatic rings. The van der Waals surface area contributed by atoms with E-state index >= 15 is 0 Å². The van der Waals surface area contributed by atoms with E-state index in [1.54, 1.807) is 39.5 Å². The second kappa shape index (κ2) is 10.8. The molecule has 12 heteroatoms. The molecule has 0 atom stereocenters. The van der Waals surface area contributed by atoms with E-state index in [1.807, 2.05) is 18.2 Å². The van der Waals surface area contributed by atoms with E-state index in [0.717, 1.165) is 5.56 Å². The van der Waals surface area contributed by atoms with Gasteiger partial charge in [0.15, 0.2) is 34.2 Å². The van der Waals surface area contributed by atoms with E-state index in [2.05, 4.69) is 20.6 Å². The maximum Gasteiger partial charge on any atom is 0.284 e. The molecular weight excluding hydrogens is 468 g/mol. The lowest BCUT2D eigenvalue weighted by Crippen LogP contribution is -2.33. The van der Waals surface area contributed by atoms with Crippen molar-refractivity contribution in [1.29, 1.82) is 0 Å². The van der Waals surface area contributed by atoms with Crippen molar-refractivity contribution >= 4 is 17.1 Å². The number of nitrogens with one attached hydrogen (secondary N) is 1. The molecule has 0 unspecified atom stereocenters. The number of fused-ring (bicyclic) bond motifs is 1. The lowest BCUT2D eigenvalue weighted by Gasteiger charge is -2.11. The van der Waals surface area contributed by atoms with Gasteiger partial charge >= 0.3 is 0 Å². The van der Waals surface area contributed by atoms with Gasteiger partial charge in [-0.1, -0.05) is 11.3 Å². The molecule has 4 rings (SSSR count). The summed E-state index contributed by atoms with van der Waals surface area (Å²) in [5.74, 6) is 1.98. The summed E-state index contributed by atoms with van der Waals surface area (Å²) < 4.78 is 23.7. The van der Waals surface area contributed by atoms with Crippen LogP contribution in [0.3, 0.4) is 0 Å². The van der Waals surface area contributed by atoms with Crippen LogP contribution in [0, 0.1) is 0 Å². The Hall–Kier alpha value is -4.61. The minimum atomic E-state index is -0.471. The lowest BCUT2D eigenvalue weighted by molar-refractivity contribution is -0.121. The highest BCUT2D eigenvalue weighted by Gasteiger charge is 2.16. The van der Waals surface area contributed by atoms with Gasteiger partial charge in [0.2, 0.25) is 5.91 Å². The minimum Gasteiger partial charge on any atom is -0.493 e. The zero-order valence-electron chi connectivity index (χ0n) is 20.3. The summed E-state index contributed by atoms with van der Waals surface area (Å²) in [6.07, 6.45) is 1.89. The zero-order valence-corrected chi connectivity index (χ0v) is 20.3. The van der Waals surface area contributed by atoms with Crippen molar-refractivity contribution in [2.45, 2.75) is 13.0 Å². The monoisotopic (exact) mass is 494 g/mol. The Morgan fingerprint density at radius 3 is 2.28 bits per heavy atom. The van der Waals surface area contributed by atoms with Crippen LogP contribution in [0.4, 0.5) is 0 Å². The first-order chi connectivity index (χ1) is 17.5. The van der Waals surface area contributed by atoms with Crippen LogP contribution in [0.1, 0.15) is 5.56 Å². The van der Waals surface area contributed by atoms with Crippen molar-refractivity contribution in [1.82, 2.24) is 29.9 Å². The van der Waals surface area contributed by atoms with Crippen molar-refractivity contribution in [3.05, 3.63) is 58.6 Å². The van der Waals surface area contributed by atoms with Crippen LogP contribution in [0.2, 0.25) is 0 Å². The Balaban J connectivity index is 1.44. The Kier molecular flexibility index (Phi) is 7.33. The standard InChI is InChI=1S/C24H26N6O6/c1-33-17-7-5-15(11-19(17)35-3)9-10-25-21(31)13-29-14-26-23-22(24(29)32)27-28-30(23)16-6-8-18(34-2)20(12-16)36-4/h5-8,11-12,14H,9-10,13H2,1-4H3,(H,25,31). The van der Waals surface area contributed by atoms with Crippen LogP contribution in [0.15, 0.2) is 47.5 Å². The third-order valence-corrected chi connectivity index (χ3v) is 5.54. The quantitative estimate of drug-likeness (QED) is 0.347. The van der Waals surface area contributed by atoms with Gasteiger partial charge in [-0.05, 0) is 36.2 Å². The van der Waals surface area contributed by atoms with Gasteiger partial charge in [0.05, 0.1) is 34.1 Å². The van der Waals surface area contributed by atoms with Crippen LogP contribution in [0.25, 0.3) is 16.9 Å². The largest absolute Gasteiger partial charge is 0.493 e. The van der Waals surface area contributed by atoms with Gasteiger partial charge in [-0.3, -0.25) is 14.2 Å². The number of amides is 1. The van der Waals surface area contributed by atoms with Crippen molar-refractivity contribution in [2.75, 3.05) is 35.0 Å². The fraction of sp³-hybridized carbons (Fsp3) is 0.292. The molecule has 0 bridgehead atoms. The molecule has 0 radical (unpaired) electrons. The number of hydrogen-bond donors (Lipinski definition) is 1. The van der Waals surface area contributed by atoms with E-state index in [4.69, 9.17) is 18.9 Å². The van der Waals surface area contributed by atoms with Crippen molar-refractivity contribution in [3.8, 4) is 28.7 Å². The van der Waals surface area contributed by atoms with Gasteiger partial charge in [0, 0.05) is 12.6 Å². The molecule has 0 spiro atoms. The van der Waals surface area contributed by atoms with Gasteiger partial charge in [0.25, 0.3) is 5.56 Å². The molecule has 0 fully saturated rings. The van der Waals surface area contributed by atoms with Crippen molar-refractivity contribution in [3.63, 3.8) is 0 Å². The maximum atomic E-state index is 12.9. The molecule has 0 saturated heterocycles. The zero-order chi connectivity index (χ0) is 25.7. The summed E-state index contributed by atoms with van der Waals surface area (Å²) in [6.45, 7) is 0.186. The molecule has 1 amide bonds. The topological polar surface area (TPSA) is 132 Å². The Labute approximate surface area is 206 Å². The molecular formula is C24H26N6O6. The summed E-state index contributed by atoms with van der Waals surface area (Å²) in [5.41, 5.74) is 1.40. The fourth-order valence-electron chi connectivity index (χ4n) is 3.68. The van der Waals surface area contributed by atoms with Crippen LogP contribution in [0.5, 0.6) is 23.0 Å². The number of nitrogens with zero attached hydrogens (tertiary/aromatic N) is 5. The molecule has 0 aliphatic carbocycles. The molecule has 1 N–H and O–H groups in total. The van der Waals surface area contributed by atoms with Crippen molar-refractivity contribution in [2.24, 2.45) is 0 Å². The van der Waals surface area contributed by atoms with Crippen LogP contribution in [-0.2, 0) is 17.8 Å². The van der Waals surface area contributed by atoms with Gasteiger partial charge in [-0.15, -0.1) is 5.10 Å². The average Bonchev–Trinajstić information content (AvgIpc) is 3.34. The number of aromatic nitrogens is 5. The normalized spacial score (nSPS) is 10.8. The summed E-state index contributed by atoms with van der Waals surface area (Å²) in [6, 6.07) is 10.7. The maximum absolute atomic E-state index is 12.9. The Morgan fingerprint density at radius 2 is 1.58 bits per heavy atom. The average molecular weight is 495 g/mol. The van der Waals surface area contributed by atoms with Gasteiger partial charge < -0.3 is 24.3 Å². The highest BCUT2D eigenvalue weighted by Crippen LogP contribution is 2.29. The third kappa shape index (κ3) is 4.92. The highest BCUT2D eigenvalue weighted by molar-refractivity contribution is 5.76. The number of benzene rings is 2. The summed E-state index contributed by atoms with van der Waals surface area (Å²) in [7, 11) is 6.21. The molecule has 2 aromatic heterocycles. The fourth-order valence-corrected chi connectivity index (χ4v) is 3.68. The third-order valence-electron chi connectivity index (χ3n) is 5.54. The van der Waals surface area contributed by atoms with E-state index in [0.29, 0.717) is 41.7 Å². The molecule has 0 saturated carbocycles. The highest BCUT2D eigenvalue weighted by atomic mass is 16.5. The summed E-state index contributed by atoms with van der Waals surface area (Å²) in [5, 5.41) is 10.9. The first-order valence-electron chi connectivity index (χ1n) is 11.0. The SMILES string of the molecule is COc1ccc(CCNC(=O)Cn2cnc3c(nnn3-c3ccc(OC)c(OC)c3)c2=O)cc1OC. The molecule has 188 valence electrons. The van der Waals surface area contributed by atoms with E-state index in [1.165, 1.54) is 22.7 Å². The number of ether oxygens (including phenoxy) is 4. The number of carbonyl (C=O) groups excluding carboxylic acids is 1. The summed E-state index contributed by atoms with van der Waals surface area (Å²) in [4.78, 5) is 29.7. The van der Waals surface area contributed by atoms with Gasteiger partial charge in [0.1, 0.15) is 12.9 Å². The van der Waals surface area contributed by atoms with Crippen LogP contribution in [-0.4, -0.2) is 65.4 Å². The molecule has 2 aromatic carbocycles. The molecule has 2 heterocycles. The second-order valence-corrected chi connectivity index (χ2v) is 7.68. The van der Waals surface area contributed by atoms with E-state index in [-0.39, 0.29) is 23.6 Å². The number of rotatable bonds is 10. The second-order valence-electron chi connectivity index (χ2n) is 7.68. The molecule has 0 aliphatic heterocycles. The van der Waals surface area contributed by atoms with Gasteiger partial charge in [-0.25, -0.2) is 4.98 Å². The van der Waals surface area contributed by atoms with Crippen molar-refractivity contribution < 1.29 is 23.7 Å². The van der Waals surface area contributed by atoms with E-state index < -0.39 is 5.56 Å². The number of carbonyl (C=O) groups is 1. The molecule has 12 nitrogen and oxygen atoms in total. The smallest absolute Gasteiger partial charge is 0.284 e. The minimum absolute atomic E-state index is 0.0467. The van der Waals surface area contributed by atoms with Gasteiger partial charge in [-0.2, -0.15) is 4.68 Å². The number of hydrogen-bond acceptors (Lipinski definition) is 9. The predicted octanol–water partition coefficient (Wildman–Crippen LogP) is 1.37. The van der Waals surface area contributed by atoms with Crippen LogP contribution >= 0.6 is 0 Å². The predicted molar refractivity (Wildman–Crippen MR) is 130 cm³/mol. The summed E-state index contributed by atoms with van der Waals surface area (Å²) >= 11 is 0. The molecule has 36 heavy (non-hydrogen) atoms. The molecule has 0 aliphatic rings. The first-order valence-corrected chi connectivity index (χ1v) is 11.0. The number of methoxy groups -OCH3 is 4. The Morgan fingerprint density at radius 1 is 0.917 bits per heavy atom. The first kappa shape index (κ1) is 24.5.